The average molecular weight is 266 g/mol. The molecule has 1 N–H and O–H groups in total. The number of carbonyl (C=O) groups is 1. The first kappa shape index (κ1) is 12.0. The summed E-state index contributed by atoms with van der Waals surface area (Å²) in [5.74, 6) is -0.953. The fourth-order valence-corrected chi connectivity index (χ4v) is 1.79. The van der Waals surface area contributed by atoms with Crippen LogP contribution in [-0.4, -0.2) is 31.1 Å². The number of benzene rings is 1. The lowest BCUT2D eigenvalue weighted by Gasteiger charge is -2.00. The van der Waals surface area contributed by atoms with Gasteiger partial charge in [0.25, 0.3) is 0 Å². The van der Waals surface area contributed by atoms with Gasteiger partial charge in [0.05, 0.1) is 17.4 Å². The average Bonchev–Trinajstić information content (AvgIpc) is 2.98. The molecule has 0 radical (unpaired) electrons. The standard InChI is InChI=1S/C14H10N4O2/c19-14(20)10-3-5-12(6-4-10)18-9-13(16-17-18)11-2-1-7-15-8-11/h1-9H,(H,19,20). The number of carboxylic acid groups (broad SMARTS) is 1. The minimum Gasteiger partial charge on any atom is -0.478 e. The summed E-state index contributed by atoms with van der Waals surface area (Å²) < 4.78 is 1.59. The Hall–Kier alpha value is -3.02. The predicted octanol–water partition coefficient (Wildman–Crippen LogP) is 2.03. The van der Waals surface area contributed by atoms with Crippen molar-refractivity contribution in [3.05, 3.63) is 60.6 Å². The molecule has 0 aliphatic rings. The number of carboxylic acids is 1. The van der Waals surface area contributed by atoms with Gasteiger partial charge in [0.15, 0.2) is 0 Å². The lowest BCUT2D eigenvalue weighted by Crippen LogP contribution is -1.98. The number of hydrogen-bond acceptors (Lipinski definition) is 4. The summed E-state index contributed by atoms with van der Waals surface area (Å²) in [7, 11) is 0. The molecule has 0 aliphatic heterocycles. The molecule has 0 bridgehead atoms. The number of nitrogens with zero attached hydrogens (tertiary/aromatic N) is 4. The van der Waals surface area contributed by atoms with Crippen molar-refractivity contribution in [3.63, 3.8) is 0 Å². The Kier molecular flexibility index (Phi) is 2.96. The van der Waals surface area contributed by atoms with E-state index in [4.69, 9.17) is 5.11 Å². The van der Waals surface area contributed by atoms with Crippen molar-refractivity contribution >= 4 is 5.97 Å². The van der Waals surface area contributed by atoms with Crippen molar-refractivity contribution in [2.75, 3.05) is 0 Å². The third-order valence-corrected chi connectivity index (χ3v) is 2.83. The zero-order valence-electron chi connectivity index (χ0n) is 10.3. The molecular formula is C14H10N4O2. The summed E-state index contributed by atoms with van der Waals surface area (Å²) in [5, 5.41) is 17.0. The molecule has 6 nitrogen and oxygen atoms in total. The van der Waals surface area contributed by atoms with Gasteiger partial charge >= 0.3 is 5.97 Å². The highest BCUT2D eigenvalue weighted by Crippen LogP contribution is 2.16. The number of hydrogen-bond donors (Lipinski definition) is 1. The van der Waals surface area contributed by atoms with Crippen LogP contribution in [0, 0.1) is 0 Å². The molecule has 98 valence electrons. The van der Waals surface area contributed by atoms with Crippen molar-refractivity contribution in [2.45, 2.75) is 0 Å². The van der Waals surface area contributed by atoms with Gasteiger partial charge in [-0.1, -0.05) is 5.21 Å². The maximum Gasteiger partial charge on any atom is 0.335 e. The summed E-state index contributed by atoms with van der Waals surface area (Å²) in [4.78, 5) is 14.8. The summed E-state index contributed by atoms with van der Waals surface area (Å²) in [6, 6.07) is 10.2. The molecule has 1 aromatic carbocycles. The highest BCUT2D eigenvalue weighted by molar-refractivity contribution is 5.87. The molecule has 2 aromatic heterocycles. The molecule has 0 amide bonds. The van der Waals surface area contributed by atoms with Crippen molar-refractivity contribution in [1.82, 2.24) is 20.0 Å². The van der Waals surface area contributed by atoms with Gasteiger partial charge in [-0.3, -0.25) is 4.98 Å². The van der Waals surface area contributed by atoms with Crippen LogP contribution >= 0.6 is 0 Å². The Morgan fingerprint density at radius 1 is 1.15 bits per heavy atom. The van der Waals surface area contributed by atoms with Gasteiger partial charge in [-0.25, -0.2) is 9.48 Å². The Morgan fingerprint density at radius 2 is 1.95 bits per heavy atom. The Labute approximate surface area is 114 Å². The van der Waals surface area contributed by atoms with Crippen LogP contribution in [0.5, 0.6) is 0 Å². The predicted molar refractivity (Wildman–Crippen MR) is 71.5 cm³/mol. The number of rotatable bonds is 3. The molecule has 0 saturated carbocycles. The fourth-order valence-electron chi connectivity index (χ4n) is 1.79. The first-order valence-electron chi connectivity index (χ1n) is 5.90. The van der Waals surface area contributed by atoms with E-state index in [1.165, 1.54) is 12.1 Å². The van der Waals surface area contributed by atoms with Crippen LogP contribution in [0.1, 0.15) is 10.4 Å². The van der Waals surface area contributed by atoms with Crippen molar-refractivity contribution < 1.29 is 9.90 Å². The van der Waals surface area contributed by atoms with E-state index in [2.05, 4.69) is 15.3 Å². The van der Waals surface area contributed by atoms with Crippen LogP contribution in [0.2, 0.25) is 0 Å². The lowest BCUT2D eigenvalue weighted by atomic mass is 10.2. The van der Waals surface area contributed by atoms with Gasteiger partial charge in [-0.15, -0.1) is 5.10 Å². The monoisotopic (exact) mass is 266 g/mol. The van der Waals surface area contributed by atoms with Gasteiger partial charge in [0.2, 0.25) is 0 Å². The maximum atomic E-state index is 10.8. The zero-order chi connectivity index (χ0) is 13.9. The molecule has 0 saturated heterocycles. The van der Waals surface area contributed by atoms with Crippen molar-refractivity contribution in [1.29, 1.82) is 0 Å². The second kappa shape index (κ2) is 4.93. The van der Waals surface area contributed by atoms with Gasteiger partial charge < -0.3 is 5.11 Å². The zero-order valence-corrected chi connectivity index (χ0v) is 10.3. The third kappa shape index (κ3) is 2.26. The van der Waals surface area contributed by atoms with E-state index in [0.717, 1.165) is 11.3 Å². The Balaban J connectivity index is 1.92. The van der Waals surface area contributed by atoms with E-state index in [1.807, 2.05) is 12.1 Å². The van der Waals surface area contributed by atoms with Crippen molar-refractivity contribution in [3.8, 4) is 16.9 Å². The van der Waals surface area contributed by atoms with Crippen LogP contribution in [0.4, 0.5) is 0 Å². The van der Waals surface area contributed by atoms with Crippen LogP contribution in [0.15, 0.2) is 55.0 Å². The lowest BCUT2D eigenvalue weighted by molar-refractivity contribution is 0.0697. The topological polar surface area (TPSA) is 80.9 Å². The number of aromatic nitrogens is 4. The van der Waals surface area contributed by atoms with E-state index in [-0.39, 0.29) is 5.56 Å². The van der Waals surface area contributed by atoms with Gasteiger partial charge in [-0.2, -0.15) is 0 Å². The highest BCUT2D eigenvalue weighted by Gasteiger charge is 2.06. The van der Waals surface area contributed by atoms with E-state index in [0.29, 0.717) is 5.69 Å². The first-order chi connectivity index (χ1) is 9.74. The van der Waals surface area contributed by atoms with Gasteiger partial charge in [-0.05, 0) is 36.4 Å². The first-order valence-corrected chi connectivity index (χ1v) is 5.90. The molecule has 0 atom stereocenters. The third-order valence-electron chi connectivity index (χ3n) is 2.83. The van der Waals surface area contributed by atoms with Crippen LogP contribution in [-0.2, 0) is 0 Å². The Bertz CT molecular complexity index is 735. The summed E-state index contributed by atoms with van der Waals surface area (Å²) in [5.41, 5.74) is 2.57. The fraction of sp³-hybridized carbons (Fsp3) is 0. The quantitative estimate of drug-likeness (QED) is 0.784. The normalized spacial score (nSPS) is 10.4. The molecular weight excluding hydrogens is 256 g/mol. The maximum absolute atomic E-state index is 10.8. The van der Waals surface area contributed by atoms with E-state index >= 15 is 0 Å². The summed E-state index contributed by atoms with van der Waals surface area (Å²) in [6.07, 6.45) is 5.17. The molecule has 3 aromatic rings. The number of aromatic carboxylic acids is 1. The van der Waals surface area contributed by atoms with E-state index in [1.54, 1.807) is 35.4 Å². The van der Waals surface area contributed by atoms with Crippen LogP contribution in [0.25, 0.3) is 16.9 Å². The smallest absolute Gasteiger partial charge is 0.335 e. The van der Waals surface area contributed by atoms with Gasteiger partial charge in [0, 0.05) is 18.0 Å². The molecule has 20 heavy (non-hydrogen) atoms. The van der Waals surface area contributed by atoms with Crippen molar-refractivity contribution in [2.24, 2.45) is 0 Å². The molecule has 3 rings (SSSR count). The minimum absolute atomic E-state index is 0.237. The summed E-state index contributed by atoms with van der Waals surface area (Å²) in [6.45, 7) is 0. The SMILES string of the molecule is O=C(O)c1ccc(-n2cc(-c3cccnc3)nn2)cc1. The van der Waals surface area contributed by atoms with Crippen LogP contribution < -0.4 is 0 Å². The number of pyridine rings is 1. The van der Waals surface area contributed by atoms with E-state index < -0.39 is 5.97 Å². The minimum atomic E-state index is -0.953. The second-order valence-electron chi connectivity index (χ2n) is 4.14. The molecule has 0 spiro atoms. The van der Waals surface area contributed by atoms with Crippen LogP contribution in [0.3, 0.4) is 0 Å². The molecule has 0 fully saturated rings. The Morgan fingerprint density at radius 3 is 2.60 bits per heavy atom. The molecule has 2 heterocycles. The van der Waals surface area contributed by atoms with E-state index in [9.17, 15) is 4.79 Å². The molecule has 6 heteroatoms. The summed E-state index contributed by atoms with van der Waals surface area (Å²) >= 11 is 0. The highest BCUT2D eigenvalue weighted by atomic mass is 16.4. The molecule has 0 aliphatic carbocycles. The molecule has 0 unspecified atom stereocenters. The largest absolute Gasteiger partial charge is 0.478 e. The van der Waals surface area contributed by atoms with Gasteiger partial charge in [0.1, 0.15) is 5.69 Å². The second-order valence-corrected chi connectivity index (χ2v) is 4.14.